The predicted octanol–water partition coefficient (Wildman–Crippen LogP) is 4.33. The van der Waals surface area contributed by atoms with Gasteiger partial charge in [-0.25, -0.2) is 0 Å². The van der Waals surface area contributed by atoms with Crippen LogP contribution in [-0.4, -0.2) is 16.8 Å². The molecule has 1 aromatic carbocycles. The van der Waals surface area contributed by atoms with Gasteiger partial charge in [0.15, 0.2) is 0 Å². The number of aryl methyl sites for hydroxylation is 3. The maximum absolute atomic E-state index is 6.46. The lowest BCUT2D eigenvalue weighted by Gasteiger charge is -2.19. The van der Waals surface area contributed by atoms with Gasteiger partial charge in [0.25, 0.3) is 0 Å². The van der Waals surface area contributed by atoms with Crippen LogP contribution in [0, 0.1) is 13.8 Å². The van der Waals surface area contributed by atoms with Crippen molar-refractivity contribution in [3.63, 3.8) is 0 Å². The SMILES string of the molecule is CCn1nc(C)c(Cl)c1CC(NC)c1cccc(C)c1Cl. The van der Waals surface area contributed by atoms with Crippen LogP contribution in [0.1, 0.15) is 35.5 Å². The minimum absolute atomic E-state index is 0.108. The Morgan fingerprint density at radius 3 is 2.57 bits per heavy atom. The van der Waals surface area contributed by atoms with E-state index in [9.17, 15) is 0 Å². The van der Waals surface area contributed by atoms with E-state index in [0.29, 0.717) is 0 Å². The fourth-order valence-electron chi connectivity index (χ4n) is 2.56. The van der Waals surface area contributed by atoms with E-state index >= 15 is 0 Å². The summed E-state index contributed by atoms with van der Waals surface area (Å²) in [5, 5.41) is 9.38. The molecular formula is C16H21Cl2N3. The Kier molecular flexibility index (Phi) is 5.31. The van der Waals surface area contributed by atoms with Crippen molar-refractivity contribution in [3.05, 3.63) is 50.8 Å². The molecule has 0 radical (unpaired) electrons. The quantitative estimate of drug-likeness (QED) is 0.886. The molecule has 2 rings (SSSR count). The molecule has 0 aliphatic rings. The molecule has 0 aliphatic carbocycles. The fourth-order valence-corrected chi connectivity index (χ4v) is 3.03. The van der Waals surface area contributed by atoms with Crippen molar-refractivity contribution >= 4 is 23.2 Å². The molecule has 0 saturated carbocycles. The summed E-state index contributed by atoms with van der Waals surface area (Å²) in [5.41, 5.74) is 4.10. The molecule has 1 unspecified atom stereocenters. The van der Waals surface area contributed by atoms with Crippen LogP contribution in [0.2, 0.25) is 10.0 Å². The average Bonchev–Trinajstić information content (AvgIpc) is 2.75. The number of hydrogen-bond acceptors (Lipinski definition) is 2. The van der Waals surface area contributed by atoms with Crippen LogP contribution in [0.3, 0.4) is 0 Å². The van der Waals surface area contributed by atoms with Gasteiger partial charge < -0.3 is 5.32 Å². The second kappa shape index (κ2) is 6.82. The van der Waals surface area contributed by atoms with Gasteiger partial charge in [-0.2, -0.15) is 5.10 Å². The number of rotatable bonds is 5. The van der Waals surface area contributed by atoms with Crippen LogP contribution in [0.25, 0.3) is 0 Å². The minimum Gasteiger partial charge on any atom is -0.313 e. The molecule has 3 nitrogen and oxygen atoms in total. The van der Waals surface area contributed by atoms with E-state index in [4.69, 9.17) is 23.2 Å². The topological polar surface area (TPSA) is 29.9 Å². The molecule has 2 aromatic rings. The van der Waals surface area contributed by atoms with Crippen LogP contribution in [-0.2, 0) is 13.0 Å². The summed E-state index contributed by atoms with van der Waals surface area (Å²) in [6.07, 6.45) is 0.757. The number of aromatic nitrogens is 2. The summed E-state index contributed by atoms with van der Waals surface area (Å²) in [5.74, 6) is 0. The summed E-state index contributed by atoms with van der Waals surface area (Å²) in [6.45, 7) is 6.83. The highest BCUT2D eigenvalue weighted by atomic mass is 35.5. The smallest absolute Gasteiger partial charge is 0.0847 e. The third kappa shape index (κ3) is 3.25. The van der Waals surface area contributed by atoms with Gasteiger partial charge in [0.05, 0.1) is 16.4 Å². The first-order valence-corrected chi connectivity index (χ1v) is 7.89. The lowest BCUT2D eigenvalue weighted by molar-refractivity contribution is 0.541. The Hall–Kier alpha value is -1.03. The third-order valence-electron chi connectivity index (χ3n) is 3.80. The van der Waals surface area contributed by atoms with Gasteiger partial charge in [-0.1, -0.05) is 41.4 Å². The Morgan fingerprint density at radius 1 is 1.24 bits per heavy atom. The number of nitrogens with one attached hydrogen (secondary N) is 1. The molecule has 1 aromatic heterocycles. The first-order valence-electron chi connectivity index (χ1n) is 7.13. The van der Waals surface area contributed by atoms with E-state index < -0.39 is 0 Å². The summed E-state index contributed by atoms with van der Waals surface area (Å²) < 4.78 is 1.96. The van der Waals surface area contributed by atoms with Crippen molar-refractivity contribution in [2.45, 2.75) is 39.8 Å². The molecule has 114 valence electrons. The number of nitrogens with zero attached hydrogens (tertiary/aromatic N) is 2. The van der Waals surface area contributed by atoms with E-state index in [1.165, 1.54) is 0 Å². The fraction of sp³-hybridized carbons (Fsp3) is 0.438. The number of benzene rings is 1. The molecule has 1 N–H and O–H groups in total. The highest BCUT2D eigenvalue weighted by Crippen LogP contribution is 2.31. The standard InChI is InChI=1S/C16H21Cl2N3/c1-5-21-14(16(18)11(3)20-21)9-13(19-4)12-8-6-7-10(2)15(12)17/h6-8,13,19H,5,9H2,1-4H3. The van der Waals surface area contributed by atoms with Crippen molar-refractivity contribution < 1.29 is 0 Å². The normalized spacial score (nSPS) is 12.7. The molecule has 1 heterocycles. The van der Waals surface area contributed by atoms with E-state index in [-0.39, 0.29) is 6.04 Å². The highest BCUT2D eigenvalue weighted by Gasteiger charge is 2.20. The molecule has 0 spiro atoms. The van der Waals surface area contributed by atoms with Gasteiger partial charge in [0.2, 0.25) is 0 Å². The number of likely N-dealkylation sites (N-methyl/N-ethyl adjacent to an activating group) is 1. The molecule has 1 atom stereocenters. The minimum atomic E-state index is 0.108. The monoisotopic (exact) mass is 325 g/mol. The van der Waals surface area contributed by atoms with E-state index in [2.05, 4.69) is 23.4 Å². The number of halogens is 2. The maximum Gasteiger partial charge on any atom is 0.0847 e. The van der Waals surface area contributed by atoms with Crippen LogP contribution in [0.15, 0.2) is 18.2 Å². The summed E-state index contributed by atoms with van der Waals surface area (Å²) in [4.78, 5) is 0. The number of hydrogen-bond donors (Lipinski definition) is 1. The van der Waals surface area contributed by atoms with E-state index in [0.717, 1.165) is 45.5 Å². The molecule has 0 amide bonds. The Balaban J connectivity index is 2.38. The molecule has 5 heteroatoms. The van der Waals surface area contributed by atoms with Crippen molar-refractivity contribution in [1.82, 2.24) is 15.1 Å². The second-order valence-corrected chi connectivity index (χ2v) is 5.94. The molecule has 0 fully saturated rings. The zero-order valence-corrected chi connectivity index (χ0v) is 14.4. The Morgan fingerprint density at radius 2 is 1.95 bits per heavy atom. The molecule has 0 saturated heterocycles. The highest BCUT2D eigenvalue weighted by molar-refractivity contribution is 6.32. The van der Waals surface area contributed by atoms with Crippen LogP contribution < -0.4 is 5.32 Å². The molecule has 0 bridgehead atoms. The molecule has 21 heavy (non-hydrogen) atoms. The largest absolute Gasteiger partial charge is 0.313 e. The van der Waals surface area contributed by atoms with Gasteiger partial charge >= 0.3 is 0 Å². The van der Waals surface area contributed by atoms with Gasteiger partial charge in [-0.3, -0.25) is 4.68 Å². The van der Waals surface area contributed by atoms with Crippen molar-refractivity contribution in [2.24, 2.45) is 0 Å². The summed E-state index contributed by atoms with van der Waals surface area (Å²) in [7, 11) is 1.94. The third-order valence-corrected chi connectivity index (χ3v) is 4.80. The van der Waals surface area contributed by atoms with Crippen LogP contribution >= 0.6 is 23.2 Å². The average molecular weight is 326 g/mol. The van der Waals surface area contributed by atoms with Crippen LogP contribution in [0.4, 0.5) is 0 Å². The van der Waals surface area contributed by atoms with Crippen molar-refractivity contribution in [3.8, 4) is 0 Å². The molecule has 0 aliphatic heterocycles. The summed E-state index contributed by atoms with van der Waals surface area (Å²) >= 11 is 12.9. The lowest BCUT2D eigenvalue weighted by Crippen LogP contribution is -2.21. The Labute approximate surface area is 136 Å². The maximum atomic E-state index is 6.46. The van der Waals surface area contributed by atoms with E-state index in [1.54, 1.807) is 0 Å². The first-order chi connectivity index (χ1) is 9.99. The second-order valence-electron chi connectivity index (χ2n) is 5.19. The summed E-state index contributed by atoms with van der Waals surface area (Å²) in [6, 6.07) is 6.22. The van der Waals surface area contributed by atoms with E-state index in [1.807, 2.05) is 37.7 Å². The van der Waals surface area contributed by atoms with Gasteiger partial charge in [0, 0.05) is 24.0 Å². The van der Waals surface area contributed by atoms with Gasteiger partial charge in [-0.15, -0.1) is 0 Å². The van der Waals surface area contributed by atoms with Crippen LogP contribution in [0.5, 0.6) is 0 Å². The predicted molar refractivity (Wildman–Crippen MR) is 89.3 cm³/mol. The lowest BCUT2D eigenvalue weighted by atomic mass is 10.00. The van der Waals surface area contributed by atoms with Crippen molar-refractivity contribution in [2.75, 3.05) is 7.05 Å². The molecular weight excluding hydrogens is 305 g/mol. The zero-order valence-electron chi connectivity index (χ0n) is 12.9. The Bertz CT molecular complexity index is 635. The van der Waals surface area contributed by atoms with Gasteiger partial charge in [0.1, 0.15) is 0 Å². The van der Waals surface area contributed by atoms with Gasteiger partial charge in [-0.05, 0) is 38.9 Å². The van der Waals surface area contributed by atoms with Crippen molar-refractivity contribution in [1.29, 1.82) is 0 Å². The first kappa shape index (κ1) is 16.3. The zero-order chi connectivity index (χ0) is 15.6.